The molecule has 7 nitrogen and oxygen atoms in total. The molecule has 0 fully saturated rings. The van der Waals surface area contributed by atoms with E-state index in [0.29, 0.717) is 18.5 Å². The minimum atomic E-state index is -0.643. The number of nitrogens with one attached hydrogen (secondary N) is 3. The van der Waals surface area contributed by atoms with Crippen molar-refractivity contribution in [2.24, 2.45) is 0 Å². The highest BCUT2D eigenvalue weighted by Gasteiger charge is 2.16. The fraction of sp³-hybridized carbons (Fsp3) is 0.348. The van der Waals surface area contributed by atoms with E-state index in [0.717, 1.165) is 15.6 Å². The van der Waals surface area contributed by atoms with Crippen LogP contribution in [0.25, 0.3) is 0 Å². The zero-order valence-electron chi connectivity index (χ0n) is 18.0. The van der Waals surface area contributed by atoms with Crippen LogP contribution < -0.4 is 16.0 Å². The van der Waals surface area contributed by atoms with Crippen LogP contribution in [0.2, 0.25) is 0 Å². The average Bonchev–Trinajstić information content (AvgIpc) is 2.69. The Kier molecular flexibility index (Phi) is 9.05. The summed E-state index contributed by atoms with van der Waals surface area (Å²) in [7, 11) is 0. The van der Waals surface area contributed by atoms with Crippen molar-refractivity contribution in [3.05, 3.63) is 64.1 Å². The molecule has 0 aromatic heterocycles. The van der Waals surface area contributed by atoms with E-state index >= 15 is 0 Å². The van der Waals surface area contributed by atoms with E-state index in [-0.39, 0.29) is 24.9 Å². The van der Waals surface area contributed by atoms with Gasteiger partial charge < -0.3 is 20.7 Å². The lowest BCUT2D eigenvalue weighted by Crippen LogP contribution is -2.39. The van der Waals surface area contributed by atoms with Crippen LogP contribution in [0.3, 0.4) is 0 Å². The van der Waals surface area contributed by atoms with Crippen LogP contribution in [0, 0.1) is 0 Å². The van der Waals surface area contributed by atoms with Crippen LogP contribution in [0.15, 0.2) is 53.0 Å². The molecular formula is C23H28BrN3O4. The fourth-order valence-electron chi connectivity index (χ4n) is 2.62. The van der Waals surface area contributed by atoms with Crippen molar-refractivity contribution in [3.63, 3.8) is 0 Å². The predicted molar refractivity (Wildman–Crippen MR) is 124 cm³/mol. The number of amides is 3. The number of halogens is 1. The number of ether oxygens (including phenoxy) is 1. The number of carbonyl (C=O) groups excluding carboxylic acids is 3. The number of anilines is 1. The Morgan fingerprint density at radius 3 is 2.32 bits per heavy atom. The number of benzene rings is 2. The summed E-state index contributed by atoms with van der Waals surface area (Å²) in [6, 6.07) is 15.1. The first-order valence-corrected chi connectivity index (χ1v) is 10.8. The Labute approximate surface area is 191 Å². The van der Waals surface area contributed by atoms with E-state index in [1.807, 2.05) is 36.4 Å². The van der Waals surface area contributed by atoms with E-state index in [1.54, 1.807) is 32.9 Å². The highest BCUT2D eigenvalue weighted by atomic mass is 79.9. The Bertz CT molecular complexity index is 908. The largest absolute Gasteiger partial charge is 0.444 e. The van der Waals surface area contributed by atoms with E-state index in [4.69, 9.17) is 4.74 Å². The predicted octanol–water partition coefficient (Wildman–Crippen LogP) is 4.16. The van der Waals surface area contributed by atoms with Crippen molar-refractivity contribution in [2.75, 3.05) is 11.9 Å². The molecule has 0 aliphatic rings. The Hall–Kier alpha value is -2.87. The fourth-order valence-corrected chi connectivity index (χ4v) is 2.89. The van der Waals surface area contributed by atoms with E-state index in [1.165, 1.54) is 0 Å². The summed E-state index contributed by atoms with van der Waals surface area (Å²) in [5, 5.41) is 8.01. The molecule has 0 radical (unpaired) electrons. The summed E-state index contributed by atoms with van der Waals surface area (Å²) in [5.74, 6) is -0.416. The first-order chi connectivity index (χ1) is 14.6. The maximum atomic E-state index is 12.2. The maximum absolute atomic E-state index is 12.2. The van der Waals surface area contributed by atoms with Gasteiger partial charge in [0.1, 0.15) is 12.1 Å². The summed E-state index contributed by atoms with van der Waals surface area (Å²) >= 11 is 3.39. The molecule has 0 saturated heterocycles. The first-order valence-electron chi connectivity index (χ1n) is 9.97. The molecule has 2 rings (SSSR count). The van der Waals surface area contributed by atoms with Gasteiger partial charge in [0.25, 0.3) is 0 Å². The molecule has 31 heavy (non-hydrogen) atoms. The van der Waals surface area contributed by atoms with Crippen molar-refractivity contribution in [1.29, 1.82) is 0 Å². The summed E-state index contributed by atoms with van der Waals surface area (Å²) < 4.78 is 6.09. The van der Waals surface area contributed by atoms with Gasteiger partial charge in [0.05, 0.1) is 0 Å². The van der Waals surface area contributed by atoms with Crippen LogP contribution >= 0.6 is 15.9 Å². The minimum absolute atomic E-state index is 0.0781. The normalized spacial score (nSPS) is 10.8. The first kappa shape index (κ1) is 24.4. The average molecular weight is 490 g/mol. The molecule has 0 saturated carbocycles. The number of hydrogen-bond acceptors (Lipinski definition) is 4. The lowest BCUT2D eigenvalue weighted by molar-refractivity contribution is -0.120. The molecule has 0 spiro atoms. The van der Waals surface area contributed by atoms with Gasteiger partial charge in [-0.15, -0.1) is 0 Å². The van der Waals surface area contributed by atoms with Gasteiger partial charge in [-0.3, -0.25) is 9.59 Å². The lowest BCUT2D eigenvalue weighted by atomic mass is 10.1. The van der Waals surface area contributed by atoms with Gasteiger partial charge in [-0.05, 0) is 62.6 Å². The van der Waals surface area contributed by atoms with Gasteiger partial charge >= 0.3 is 6.09 Å². The smallest absolute Gasteiger partial charge is 0.408 e. The van der Waals surface area contributed by atoms with Crippen LogP contribution in [0.5, 0.6) is 0 Å². The van der Waals surface area contributed by atoms with Gasteiger partial charge in [-0.25, -0.2) is 4.79 Å². The molecule has 3 N–H and O–H groups in total. The topological polar surface area (TPSA) is 96.5 Å². The van der Waals surface area contributed by atoms with Crippen LogP contribution in [0.4, 0.5) is 10.5 Å². The Balaban J connectivity index is 1.75. The minimum Gasteiger partial charge on any atom is -0.444 e. The molecule has 0 aliphatic carbocycles. The van der Waals surface area contributed by atoms with E-state index in [2.05, 4.69) is 31.9 Å². The van der Waals surface area contributed by atoms with Gasteiger partial charge in [-0.1, -0.05) is 40.2 Å². The van der Waals surface area contributed by atoms with E-state index in [9.17, 15) is 14.4 Å². The maximum Gasteiger partial charge on any atom is 0.408 e. The van der Waals surface area contributed by atoms with Gasteiger partial charge in [-0.2, -0.15) is 0 Å². The number of alkyl carbamates (subject to hydrolysis) is 1. The number of hydrogen-bond donors (Lipinski definition) is 3. The van der Waals surface area contributed by atoms with Crippen LogP contribution in [-0.4, -0.2) is 30.1 Å². The molecule has 0 aliphatic heterocycles. The highest BCUT2D eigenvalue weighted by Crippen LogP contribution is 2.14. The summed E-state index contributed by atoms with van der Waals surface area (Å²) in [6.45, 7) is 5.34. The van der Waals surface area contributed by atoms with Gasteiger partial charge in [0, 0.05) is 23.1 Å². The summed E-state index contributed by atoms with van der Waals surface area (Å²) in [6.07, 6.45) is 0.383. The Morgan fingerprint density at radius 2 is 1.65 bits per heavy atom. The molecule has 0 atom stereocenters. The molecule has 0 bridgehead atoms. The van der Waals surface area contributed by atoms with E-state index < -0.39 is 11.7 Å². The molecule has 0 unspecified atom stereocenters. The Morgan fingerprint density at radius 1 is 0.935 bits per heavy atom. The molecule has 2 aromatic rings. The second-order valence-electron chi connectivity index (χ2n) is 8.01. The third-order valence-electron chi connectivity index (χ3n) is 4.05. The summed E-state index contributed by atoms with van der Waals surface area (Å²) in [4.78, 5) is 35.8. The lowest BCUT2D eigenvalue weighted by Gasteiger charge is -2.19. The molecule has 166 valence electrons. The van der Waals surface area contributed by atoms with Crippen molar-refractivity contribution in [1.82, 2.24) is 10.6 Å². The van der Waals surface area contributed by atoms with Gasteiger partial charge in [0.2, 0.25) is 11.8 Å². The van der Waals surface area contributed by atoms with Crippen molar-refractivity contribution in [2.45, 2.75) is 45.8 Å². The third kappa shape index (κ3) is 10.1. The SMILES string of the molecule is CC(C)(C)OC(=O)NCC(=O)NCc1cccc(NC(=O)CCc2ccc(Br)cc2)c1. The number of rotatable bonds is 8. The van der Waals surface area contributed by atoms with Gasteiger partial charge in [0.15, 0.2) is 0 Å². The molecule has 8 heteroatoms. The monoisotopic (exact) mass is 489 g/mol. The molecule has 3 amide bonds. The zero-order valence-corrected chi connectivity index (χ0v) is 19.5. The van der Waals surface area contributed by atoms with Crippen molar-refractivity contribution < 1.29 is 19.1 Å². The second-order valence-corrected chi connectivity index (χ2v) is 8.92. The highest BCUT2D eigenvalue weighted by molar-refractivity contribution is 9.10. The molecule has 0 heterocycles. The standard InChI is InChI=1S/C23H28BrN3O4/c1-23(2,3)31-22(30)26-15-21(29)25-14-17-5-4-6-19(13-17)27-20(28)12-9-16-7-10-18(24)11-8-16/h4-8,10-11,13H,9,12,14-15H2,1-3H3,(H,25,29)(H,26,30)(H,27,28). The number of carbonyl (C=O) groups is 3. The van der Waals surface area contributed by atoms with Crippen molar-refractivity contribution in [3.8, 4) is 0 Å². The number of aryl methyl sites for hydroxylation is 1. The summed E-state index contributed by atoms with van der Waals surface area (Å²) in [5.41, 5.74) is 1.97. The van der Waals surface area contributed by atoms with Crippen molar-refractivity contribution >= 4 is 39.5 Å². The van der Waals surface area contributed by atoms with Crippen LogP contribution in [0.1, 0.15) is 38.3 Å². The third-order valence-corrected chi connectivity index (χ3v) is 4.58. The molecule has 2 aromatic carbocycles. The molecular weight excluding hydrogens is 462 g/mol. The quantitative estimate of drug-likeness (QED) is 0.518. The second kappa shape index (κ2) is 11.5. The van der Waals surface area contributed by atoms with Crippen LogP contribution in [-0.2, 0) is 27.3 Å². The zero-order chi connectivity index (χ0) is 22.9.